The molecule has 150 valence electrons. The highest BCUT2D eigenvalue weighted by Gasteiger charge is 2.51. The van der Waals surface area contributed by atoms with Gasteiger partial charge in [-0.2, -0.15) is 0 Å². The zero-order valence-electron chi connectivity index (χ0n) is 16.7. The lowest BCUT2D eigenvalue weighted by Crippen LogP contribution is -2.49. The van der Waals surface area contributed by atoms with E-state index in [2.05, 4.69) is 35.2 Å². The van der Waals surface area contributed by atoms with Gasteiger partial charge in [0.1, 0.15) is 0 Å². The Kier molecular flexibility index (Phi) is 4.74. The van der Waals surface area contributed by atoms with Gasteiger partial charge in [-0.1, -0.05) is 42.5 Å². The number of fused-ring (bicyclic) bond motifs is 1. The first-order chi connectivity index (χ1) is 14.2. The largest absolute Gasteiger partial charge is 0.368 e. The molecule has 2 atom stereocenters. The third-order valence-corrected chi connectivity index (χ3v) is 6.58. The number of para-hydroxylation sites is 1. The zero-order chi connectivity index (χ0) is 19.8. The van der Waals surface area contributed by atoms with Crippen LogP contribution >= 0.6 is 0 Å². The third kappa shape index (κ3) is 3.61. The van der Waals surface area contributed by atoms with Gasteiger partial charge in [0, 0.05) is 45.0 Å². The highest BCUT2D eigenvalue weighted by molar-refractivity contribution is 5.92. The molecule has 29 heavy (non-hydrogen) atoms. The number of carbonyl (C=O) groups is 2. The van der Waals surface area contributed by atoms with Crippen molar-refractivity contribution in [3.05, 3.63) is 65.7 Å². The van der Waals surface area contributed by atoms with E-state index in [0.29, 0.717) is 13.0 Å². The topological polar surface area (TPSA) is 43.9 Å². The van der Waals surface area contributed by atoms with Gasteiger partial charge in [-0.25, -0.2) is 0 Å². The summed E-state index contributed by atoms with van der Waals surface area (Å²) in [6.45, 7) is 4.63. The second kappa shape index (κ2) is 7.54. The van der Waals surface area contributed by atoms with Crippen molar-refractivity contribution >= 4 is 17.5 Å². The Hall–Kier alpha value is -2.82. The van der Waals surface area contributed by atoms with Crippen molar-refractivity contribution in [2.75, 3.05) is 37.6 Å². The number of carbonyl (C=O) groups excluding carboxylic acids is 2. The maximum atomic E-state index is 13.0. The molecule has 2 aliphatic heterocycles. The molecule has 5 nitrogen and oxygen atoms in total. The Morgan fingerprint density at radius 1 is 0.690 bits per heavy atom. The predicted octanol–water partition coefficient (Wildman–Crippen LogP) is 2.56. The lowest BCUT2D eigenvalue weighted by atomic mass is 9.99. The molecular formula is C24H27N3O2. The van der Waals surface area contributed by atoms with Gasteiger partial charge in [-0.3, -0.25) is 9.59 Å². The monoisotopic (exact) mass is 389 g/mol. The van der Waals surface area contributed by atoms with E-state index in [0.717, 1.165) is 39.1 Å². The molecule has 0 N–H and O–H groups in total. The summed E-state index contributed by atoms with van der Waals surface area (Å²) >= 11 is 0. The second-order valence-electron chi connectivity index (χ2n) is 8.38. The van der Waals surface area contributed by atoms with Crippen molar-refractivity contribution < 1.29 is 9.59 Å². The van der Waals surface area contributed by atoms with E-state index in [-0.39, 0.29) is 23.7 Å². The van der Waals surface area contributed by atoms with Gasteiger partial charge < -0.3 is 14.7 Å². The number of rotatable bonds is 3. The summed E-state index contributed by atoms with van der Waals surface area (Å²) in [5.41, 5.74) is 3.80. The smallest absolute Gasteiger partial charge is 0.226 e. The van der Waals surface area contributed by atoms with Crippen molar-refractivity contribution in [3.63, 3.8) is 0 Å². The Bertz CT molecular complexity index is 905. The minimum Gasteiger partial charge on any atom is -0.368 e. The highest BCUT2D eigenvalue weighted by atomic mass is 16.2. The lowest BCUT2D eigenvalue weighted by Gasteiger charge is -2.36. The fourth-order valence-electron chi connectivity index (χ4n) is 4.72. The average molecular weight is 389 g/mol. The van der Waals surface area contributed by atoms with Crippen LogP contribution in [0.3, 0.4) is 0 Å². The van der Waals surface area contributed by atoms with Crippen LogP contribution in [0, 0.1) is 11.8 Å². The SMILES string of the molecule is O=C(C1CC1C(=O)N1CCc2ccccc2C1)N1CCN(c2ccccc2)CC1. The first kappa shape index (κ1) is 18.2. The van der Waals surface area contributed by atoms with Crippen molar-refractivity contribution in [2.45, 2.75) is 19.4 Å². The number of hydrogen-bond donors (Lipinski definition) is 0. The summed E-state index contributed by atoms with van der Waals surface area (Å²) in [6, 6.07) is 18.7. The van der Waals surface area contributed by atoms with Crippen molar-refractivity contribution in [2.24, 2.45) is 11.8 Å². The molecular weight excluding hydrogens is 362 g/mol. The first-order valence-electron chi connectivity index (χ1n) is 10.6. The molecule has 3 aliphatic rings. The maximum absolute atomic E-state index is 13.0. The van der Waals surface area contributed by atoms with Crippen molar-refractivity contribution in [1.82, 2.24) is 9.80 Å². The Labute approximate surface area is 171 Å². The van der Waals surface area contributed by atoms with Gasteiger partial charge in [0.25, 0.3) is 0 Å². The van der Waals surface area contributed by atoms with E-state index in [1.54, 1.807) is 0 Å². The van der Waals surface area contributed by atoms with E-state index < -0.39 is 0 Å². The normalized spacial score (nSPS) is 23.5. The molecule has 2 aromatic rings. The van der Waals surface area contributed by atoms with Crippen LogP contribution in [0.4, 0.5) is 5.69 Å². The van der Waals surface area contributed by atoms with E-state index in [1.165, 1.54) is 16.8 Å². The van der Waals surface area contributed by atoms with Crippen LogP contribution in [0.5, 0.6) is 0 Å². The van der Waals surface area contributed by atoms with E-state index in [9.17, 15) is 9.59 Å². The van der Waals surface area contributed by atoms with Crippen LogP contribution < -0.4 is 4.90 Å². The van der Waals surface area contributed by atoms with Crippen LogP contribution in [0.15, 0.2) is 54.6 Å². The van der Waals surface area contributed by atoms with Crippen LogP contribution in [-0.4, -0.2) is 54.3 Å². The number of hydrogen-bond acceptors (Lipinski definition) is 3. The Morgan fingerprint density at radius 2 is 1.31 bits per heavy atom. The molecule has 2 fully saturated rings. The molecule has 0 spiro atoms. The summed E-state index contributed by atoms with van der Waals surface area (Å²) in [4.78, 5) is 32.1. The van der Waals surface area contributed by atoms with Gasteiger partial charge in [-0.05, 0) is 36.1 Å². The van der Waals surface area contributed by atoms with E-state index >= 15 is 0 Å². The summed E-state index contributed by atoms with van der Waals surface area (Å²) in [5, 5.41) is 0. The summed E-state index contributed by atoms with van der Waals surface area (Å²) in [7, 11) is 0. The minimum atomic E-state index is -0.111. The van der Waals surface area contributed by atoms with Crippen molar-refractivity contribution in [3.8, 4) is 0 Å². The second-order valence-corrected chi connectivity index (χ2v) is 8.38. The molecule has 2 amide bonds. The average Bonchev–Trinajstić information content (AvgIpc) is 3.59. The predicted molar refractivity (Wildman–Crippen MR) is 112 cm³/mol. The number of amides is 2. The fraction of sp³-hybridized carbons (Fsp3) is 0.417. The lowest BCUT2D eigenvalue weighted by molar-refractivity contribution is -0.138. The molecule has 1 saturated carbocycles. The molecule has 0 radical (unpaired) electrons. The third-order valence-electron chi connectivity index (χ3n) is 6.58. The highest BCUT2D eigenvalue weighted by Crippen LogP contribution is 2.42. The molecule has 0 bridgehead atoms. The molecule has 1 aliphatic carbocycles. The van der Waals surface area contributed by atoms with Crippen LogP contribution in [0.2, 0.25) is 0 Å². The van der Waals surface area contributed by atoms with Crippen LogP contribution in [-0.2, 0) is 22.6 Å². The molecule has 5 heteroatoms. The number of anilines is 1. The molecule has 2 heterocycles. The molecule has 2 unspecified atom stereocenters. The standard InChI is InChI=1S/C24H27N3O2/c28-23(26-14-12-25(13-15-26)20-8-2-1-3-9-20)21-16-22(21)24(29)27-11-10-18-6-4-5-7-19(18)17-27/h1-9,21-22H,10-17H2. The summed E-state index contributed by atoms with van der Waals surface area (Å²) in [5.74, 6) is 0.122. The Morgan fingerprint density at radius 3 is 2.03 bits per heavy atom. The molecule has 2 aromatic carbocycles. The van der Waals surface area contributed by atoms with Gasteiger partial charge in [0.2, 0.25) is 11.8 Å². The number of benzene rings is 2. The molecule has 0 aromatic heterocycles. The number of nitrogens with zero attached hydrogens (tertiary/aromatic N) is 3. The first-order valence-corrected chi connectivity index (χ1v) is 10.6. The number of piperazine rings is 1. The van der Waals surface area contributed by atoms with Gasteiger partial charge >= 0.3 is 0 Å². The quantitative estimate of drug-likeness (QED) is 0.810. The van der Waals surface area contributed by atoms with Crippen LogP contribution in [0.25, 0.3) is 0 Å². The zero-order valence-corrected chi connectivity index (χ0v) is 16.7. The van der Waals surface area contributed by atoms with Crippen LogP contribution in [0.1, 0.15) is 17.5 Å². The van der Waals surface area contributed by atoms with Gasteiger partial charge in [0.05, 0.1) is 11.8 Å². The van der Waals surface area contributed by atoms with E-state index in [1.807, 2.05) is 34.1 Å². The molecule has 5 rings (SSSR count). The summed E-state index contributed by atoms with van der Waals surface area (Å²) in [6.07, 6.45) is 1.63. The van der Waals surface area contributed by atoms with Gasteiger partial charge in [-0.15, -0.1) is 0 Å². The minimum absolute atomic E-state index is 0.108. The van der Waals surface area contributed by atoms with Gasteiger partial charge in [0.15, 0.2) is 0 Å². The maximum Gasteiger partial charge on any atom is 0.226 e. The van der Waals surface area contributed by atoms with Crippen molar-refractivity contribution in [1.29, 1.82) is 0 Å². The summed E-state index contributed by atoms with van der Waals surface area (Å²) < 4.78 is 0. The van der Waals surface area contributed by atoms with E-state index in [4.69, 9.17) is 0 Å². The Balaban J connectivity index is 1.15. The fourth-order valence-corrected chi connectivity index (χ4v) is 4.72. The molecule has 1 saturated heterocycles.